The van der Waals surface area contributed by atoms with E-state index in [0.717, 1.165) is 6.42 Å². The second-order valence-corrected chi connectivity index (χ2v) is 6.17. The van der Waals surface area contributed by atoms with E-state index in [1.165, 1.54) is 20.4 Å². The molecule has 8 nitrogen and oxygen atoms in total. The minimum Gasteiger partial charge on any atom is -0.464 e. The van der Waals surface area contributed by atoms with Crippen molar-refractivity contribution in [3.63, 3.8) is 0 Å². The zero-order valence-electron chi connectivity index (χ0n) is 15.0. The molecule has 0 saturated heterocycles. The van der Waals surface area contributed by atoms with E-state index in [1.807, 2.05) is 0 Å². The number of methoxy groups -OCH3 is 2. The summed E-state index contributed by atoms with van der Waals surface area (Å²) in [5.74, 6) is -0.491. The molecular weight excluding hydrogens is 324 g/mol. The molecule has 0 radical (unpaired) electrons. The van der Waals surface area contributed by atoms with Crippen LogP contribution in [0.25, 0.3) is 11.0 Å². The van der Waals surface area contributed by atoms with E-state index in [1.54, 1.807) is 10.6 Å². The van der Waals surface area contributed by atoms with Crippen LogP contribution in [0.3, 0.4) is 0 Å². The van der Waals surface area contributed by atoms with Crippen LogP contribution in [0.2, 0.25) is 0 Å². The van der Waals surface area contributed by atoms with Crippen molar-refractivity contribution in [1.29, 1.82) is 0 Å². The van der Waals surface area contributed by atoms with Gasteiger partial charge in [-0.3, -0.25) is 4.79 Å². The van der Waals surface area contributed by atoms with Gasteiger partial charge in [0, 0.05) is 19.0 Å². The maximum absolute atomic E-state index is 12.4. The second-order valence-electron chi connectivity index (χ2n) is 6.17. The number of hydrogen-bond acceptors (Lipinski definition) is 6. The Bertz CT molecular complexity index is 783. The number of anilines is 2. The van der Waals surface area contributed by atoms with Gasteiger partial charge < -0.3 is 25.1 Å². The van der Waals surface area contributed by atoms with Crippen LogP contribution in [-0.2, 0) is 20.8 Å². The summed E-state index contributed by atoms with van der Waals surface area (Å²) in [4.78, 5) is 28.8. The summed E-state index contributed by atoms with van der Waals surface area (Å²) in [5.41, 5.74) is 7.45. The molecule has 8 heteroatoms. The Labute approximate surface area is 146 Å². The normalized spacial score (nSPS) is 11.1. The van der Waals surface area contributed by atoms with E-state index in [-0.39, 0.29) is 18.2 Å². The van der Waals surface area contributed by atoms with Crippen molar-refractivity contribution in [3.8, 4) is 0 Å². The largest absolute Gasteiger partial charge is 0.464 e. The molecule has 0 spiro atoms. The number of nitrogens with zero attached hydrogens (tertiary/aromatic N) is 2. The molecule has 3 N–H and O–H groups in total. The molecule has 0 bridgehead atoms. The van der Waals surface area contributed by atoms with Crippen molar-refractivity contribution in [2.75, 3.05) is 31.9 Å². The predicted octanol–water partition coefficient (Wildman–Crippen LogP) is 2.04. The Morgan fingerprint density at radius 3 is 2.68 bits per heavy atom. The number of nitrogens with two attached hydrogens (primary N) is 1. The summed E-state index contributed by atoms with van der Waals surface area (Å²) in [6.07, 6.45) is 2.36. The molecule has 2 aromatic rings. The van der Waals surface area contributed by atoms with Crippen molar-refractivity contribution < 1.29 is 19.1 Å². The van der Waals surface area contributed by atoms with Gasteiger partial charge in [-0.05, 0) is 18.4 Å². The highest BCUT2D eigenvalue weighted by Crippen LogP contribution is 2.32. The summed E-state index contributed by atoms with van der Waals surface area (Å²) in [6, 6.07) is 1.68. The number of nitrogen functional groups attached to an aromatic ring is 1. The number of amides is 1. The van der Waals surface area contributed by atoms with Gasteiger partial charge in [-0.25, -0.2) is 9.78 Å². The molecular formula is C17H24N4O4. The Morgan fingerprint density at radius 1 is 1.36 bits per heavy atom. The van der Waals surface area contributed by atoms with Crippen LogP contribution in [0.1, 0.15) is 30.8 Å². The topological polar surface area (TPSA) is 108 Å². The average molecular weight is 348 g/mol. The third-order valence-electron chi connectivity index (χ3n) is 3.77. The predicted molar refractivity (Wildman–Crippen MR) is 95.4 cm³/mol. The fourth-order valence-corrected chi connectivity index (χ4v) is 2.59. The van der Waals surface area contributed by atoms with Crippen molar-refractivity contribution in [1.82, 2.24) is 9.55 Å². The highest BCUT2D eigenvalue weighted by molar-refractivity contribution is 6.11. The zero-order chi connectivity index (χ0) is 18.6. The lowest BCUT2D eigenvalue weighted by atomic mass is 10.1. The number of nitrogens with one attached hydrogen (secondary N) is 1. The van der Waals surface area contributed by atoms with Gasteiger partial charge in [0.15, 0.2) is 5.69 Å². The number of carbonyl (C=O) groups is 2. The van der Waals surface area contributed by atoms with Crippen LogP contribution in [0, 0.1) is 5.92 Å². The summed E-state index contributed by atoms with van der Waals surface area (Å²) >= 11 is 0. The molecule has 1 amide bonds. The number of hydrogen-bond donors (Lipinski definition) is 2. The van der Waals surface area contributed by atoms with E-state index in [2.05, 4.69) is 24.1 Å². The van der Waals surface area contributed by atoms with Crippen molar-refractivity contribution in [2.45, 2.75) is 26.8 Å². The van der Waals surface area contributed by atoms with E-state index < -0.39 is 5.97 Å². The van der Waals surface area contributed by atoms with Gasteiger partial charge >= 0.3 is 5.97 Å². The molecule has 0 unspecified atom stereocenters. The number of esters is 1. The van der Waals surface area contributed by atoms with Crippen LogP contribution in [0.5, 0.6) is 0 Å². The summed E-state index contributed by atoms with van der Waals surface area (Å²) in [6.45, 7) is 4.62. The lowest BCUT2D eigenvalue weighted by molar-refractivity contribution is -0.119. The standard InChI is InChI=1S/C17H24N4O4/c1-10(2)5-6-21-15(17(23)25-4)14(20-13(22)9-24-3)12-7-11(18)8-19-16(12)21/h7-8,10H,5-6,9,18H2,1-4H3,(H,20,22). The average Bonchev–Trinajstić information content (AvgIpc) is 2.85. The van der Waals surface area contributed by atoms with Crippen LogP contribution in [0.15, 0.2) is 12.3 Å². The minimum atomic E-state index is -0.548. The minimum absolute atomic E-state index is 0.130. The molecule has 136 valence electrons. The van der Waals surface area contributed by atoms with Crippen molar-refractivity contribution >= 4 is 34.3 Å². The molecule has 0 saturated carbocycles. The van der Waals surface area contributed by atoms with Gasteiger partial charge in [0.1, 0.15) is 12.3 Å². The zero-order valence-corrected chi connectivity index (χ0v) is 15.0. The second kappa shape index (κ2) is 7.98. The van der Waals surface area contributed by atoms with Crippen molar-refractivity contribution in [3.05, 3.63) is 18.0 Å². The van der Waals surface area contributed by atoms with E-state index in [9.17, 15) is 9.59 Å². The smallest absolute Gasteiger partial charge is 0.356 e. The fourth-order valence-electron chi connectivity index (χ4n) is 2.59. The molecule has 2 heterocycles. The Hall–Kier alpha value is -2.61. The maximum Gasteiger partial charge on any atom is 0.356 e. The Morgan fingerprint density at radius 2 is 2.08 bits per heavy atom. The van der Waals surface area contributed by atoms with Crippen LogP contribution < -0.4 is 11.1 Å². The number of aromatic nitrogens is 2. The molecule has 2 rings (SSSR count). The van der Waals surface area contributed by atoms with Gasteiger partial charge in [-0.2, -0.15) is 0 Å². The first-order chi connectivity index (χ1) is 11.9. The molecule has 0 fully saturated rings. The fraction of sp³-hybridized carbons (Fsp3) is 0.471. The molecule has 0 aliphatic rings. The molecule has 0 aliphatic carbocycles. The van der Waals surface area contributed by atoms with Gasteiger partial charge in [0.25, 0.3) is 0 Å². The number of pyridine rings is 1. The van der Waals surface area contributed by atoms with Crippen LogP contribution in [0.4, 0.5) is 11.4 Å². The first-order valence-corrected chi connectivity index (χ1v) is 8.03. The monoisotopic (exact) mass is 348 g/mol. The lowest BCUT2D eigenvalue weighted by Gasteiger charge is -2.12. The number of rotatable bonds is 7. The SMILES string of the molecule is COCC(=O)Nc1c(C(=O)OC)n(CCC(C)C)c2ncc(N)cc12. The Kier molecular flexibility index (Phi) is 5.97. The first-order valence-electron chi connectivity index (χ1n) is 8.03. The first kappa shape index (κ1) is 18.7. The van der Waals surface area contributed by atoms with Gasteiger partial charge in [0.2, 0.25) is 5.91 Å². The molecule has 2 aromatic heterocycles. The molecule has 25 heavy (non-hydrogen) atoms. The summed E-state index contributed by atoms with van der Waals surface area (Å²) in [7, 11) is 2.72. The quantitative estimate of drug-likeness (QED) is 0.741. The van der Waals surface area contributed by atoms with E-state index in [0.29, 0.717) is 34.9 Å². The van der Waals surface area contributed by atoms with Gasteiger partial charge in [-0.15, -0.1) is 0 Å². The number of carbonyl (C=O) groups excluding carboxylic acids is 2. The molecule has 0 aliphatic heterocycles. The summed E-state index contributed by atoms with van der Waals surface area (Å²) in [5, 5.41) is 3.32. The van der Waals surface area contributed by atoms with Gasteiger partial charge in [-0.1, -0.05) is 13.8 Å². The molecule has 0 atom stereocenters. The number of ether oxygens (including phenoxy) is 2. The Balaban J connectivity index is 2.66. The summed E-state index contributed by atoms with van der Waals surface area (Å²) < 4.78 is 11.5. The third-order valence-corrected chi connectivity index (χ3v) is 3.77. The van der Waals surface area contributed by atoms with E-state index in [4.69, 9.17) is 15.2 Å². The maximum atomic E-state index is 12.4. The highest BCUT2D eigenvalue weighted by Gasteiger charge is 2.26. The highest BCUT2D eigenvalue weighted by atomic mass is 16.5. The number of fused-ring (bicyclic) bond motifs is 1. The van der Waals surface area contributed by atoms with Crippen LogP contribution >= 0.6 is 0 Å². The number of aryl methyl sites for hydroxylation is 1. The molecule has 0 aromatic carbocycles. The van der Waals surface area contributed by atoms with E-state index >= 15 is 0 Å². The van der Waals surface area contributed by atoms with Crippen LogP contribution in [-0.4, -0.2) is 42.3 Å². The van der Waals surface area contributed by atoms with Gasteiger partial charge in [0.05, 0.1) is 24.7 Å². The lowest BCUT2D eigenvalue weighted by Crippen LogP contribution is -2.20. The van der Waals surface area contributed by atoms with Crippen molar-refractivity contribution in [2.24, 2.45) is 5.92 Å². The third kappa shape index (κ3) is 4.08.